The first-order valence-electron chi connectivity index (χ1n) is 11.0. The molecule has 1 aliphatic heterocycles. The highest BCUT2D eigenvalue weighted by molar-refractivity contribution is 7.19. The van der Waals surface area contributed by atoms with Gasteiger partial charge in [-0.25, -0.2) is 0 Å². The summed E-state index contributed by atoms with van der Waals surface area (Å²) < 4.78 is 0. The van der Waals surface area contributed by atoms with Crippen molar-refractivity contribution < 1.29 is 4.79 Å². The molecule has 0 spiro atoms. The number of amides is 1. The average Bonchev–Trinajstić information content (AvgIpc) is 3.43. The van der Waals surface area contributed by atoms with Crippen molar-refractivity contribution in [2.45, 2.75) is 13.8 Å². The van der Waals surface area contributed by atoms with Gasteiger partial charge in [0.05, 0.1) is 0 Å². The zero-order chi connectivity index (χ0) is 22.5. The quantitative estimate of drug-likeness (QED) is 0.302. The highest BCUT2D eigenvalue weighted by atomic mass is 32.1. The Kier molecular flexibility index (Phi) is 4.56. The number of anilines is 4. The van der Waals surface area contributed by atoms with E-state index in [9.17, 15) is 4.79 Å². The lowest BCUT2D eigenvalue weighted by molar-refractivity contribution is 0.103. The molecule has 1 aromatic heterocycles. The molecule has 5 aromatic rings. The molecule has 0 saturated heterocycles. The molecular weight excluding hydrogens is 424 g/mol. The lowest BCUT2D eigenvalue weighted by Crippen LogP contribution is -2.08. The van der Waals surface area contributed by atoms with Crippen LogP contribution in [0.5, 0.6) is 0 Å². The number of hydrogen-bond donors (Lipinski definition) is 1. The Labute approximate surface area is 196 Å². The van der Waals surface area contributed by atoms with E-state index in [1.807, 2.05) is 18.2 Å². The standard InChI is InChI=1S/C29H22N2OS/c1-18-6-10-20(11-7-18)31(21-12-8-19(2)9-13-21)27-17-16-26(33-27)22-14-15-25-28-23(22)4-3-5-24(28)29(32)30-25/h3-17H,1-2H3,(H,30,32). The number of carbonyl (C=O) groups is 1. The number of aryl methyl sites for hydroxylation is 2. The lowest BCUT2D eigenvalue weighted by atomic mass is 10.00. The highest BCUT2D eigenvalue weighted by Gasteiger charge is 2.23. The van der Waals surface area contributed by atoms with Crippen molar-refractivity contribution in [1.82, 2.24) is 0 Å². The summed E-state index contributed by atoms with van der Waals surface area (Å²) in [4.78, 5) is 15.8. The summed E-state index contributed by atoms with van der Waals surface area (Å²) in [6.07, 6.45) is 0. The number of rotatable bonds is 4. The van der Waals surface area contributed by atoms with Crippen molar-refractivity contribution >= 4 is 50.1 Å². The Morgan fingerprint density at radius 3 is 2.03 bits per heavy atom. The highest BCUT2D eigenvalue weighted by Crippen LogP contribution is 2.45. The molecule has 1 N–H and O–H groups in total. The van der Waals surface area contributed by atoms with Crippen LogP contribution in [0.2, 0.25) is 0 Å². The molecule has 4 heteroatoms. The Morgan fingerprint density at radius 2 is 1.36 bits per heavy atom. The first-order valence-corrected chi connectivity index (χ1v) is 11.8. The van der Waals surface area contributed by atoms with E-state index >= 15 is 0 Å². The molecule has 3 nitrogen and oxygen atoms in total. The predicted octanol–water partition coefficient (Wildman–Crippen LogP) is 8.22. The third-order valence-electron chi connectivity index (χ3n) is 6.20. The van der Waals surface area contributed by atoms with E-state index in [0.29, 0.717) is 0 Å². The van der Waals surface area contributed by atoms with Crippen molar-refractivity contribution in [2.75, 3.05) is 10.2 Å². The predicted molar refractivity (Wildman–Crippen MR) is 139 cm³/mol. The molecule has 4 aromatic carbocycles. The van der Waals surface area contributed by atoms with Crippen molar-refractivity contribution in [2.24, 2.45) is 0 Å². The summed E-state index contributed by atoms with van der Waals surface area (Å²) in [6, 6.07) is 31.8. The molecule has 2 heterocycles. The average molecular weight is 447 g/mol. The van der Waals surface area contributed by atoms with Gasteiger partial charge in [0.15, 0.2) is 0 Å². The third kappa shape index (κ3) is 3.31. The minimum absolute atomic E-state index is 0.0236. The number of nitrogens with zero attached hydrogens (tertiary/aromatic N) is 1. The molecule has 0 fully saturated rings. The Bertz CT molecular complexity index is 1470. The molecule has 1 aliphatic rings. The number of nitrogens with one attached hydrogen (secondary N) is 1. The molecule has 0 aliphatic carbocycles. The summed E-state index contributed by atoms with van der Waals surface area (Å²) in [5.74, 6) is -0.0236. The third-order valence-corrected chi connectivity index (χ3v) is 7.30. The number of hydrogen-bond acceptors (Lipinski definition) is 3. The van der Waals surface area contributed by atoms with Gasteiger partial charge in [0.2, 0.25) is 0 Å². The summed E-state index contributed by atoms with van der Waals surface area (Å²) in [5.41, 5.74) is 7.54. The van der Waals surface area contributed by atoms with E-state index in [2.05, 4.69) is 96.9 Å². The minimum Gasteiger partial charge on any atom is -0.321 e. The molecule has 0 unspecified atom stereocenters. The second-order valence-corrected chi connectivity index (χ2v) is 9.55. The van der Waals surface area contributed by atoms with Gasteiger partial charge in [-0.2, -0.15) is 0 Å². The monoisotopic (exact) mass is 446 g/mol. The molecule has 6 rings (SSSR count). The zero-order valence-electron chi connectivity index (χ0n) is 18.4. The second kappa shape index (κ2) is 7.61. The van der Waals surface area contributed by atoms with E-state index < -0.39 is 0 Å². The normalized spacial score (nSPS) is 12.2. The van der Waals surface area contributed by atoms with Gasteiger partial charge >= 0.3 is 0 Å². The summed E-state index contributed by atoms with van der Waals surface area (Å²) in [5, 5.41) is 6.25. The number of benzene rings is 4. The van der Waals surface area contributed by atoms with Gasteiger partial charge in [-0.1, -0.05) is 53.6 Å². The lowest BCUT2D eigenvalue weighted by Gasteiger charge is -2.24. The van der Waals surface area contributed by atoms with E-state index in [-0.39, 0.29) is 5.91 Å². The molecule has 160 valence electrons. The van der Waals surface area contributed by atoms with Gasteiger partial charge in [-0.3, -0.25) is 4.79 Å². The van der Waals surface area contributed by atoms with Crippen LogP contribution in [-0.4, -0.2) is 5.91 Å². The van der Waals surface area contributed by atoms with Gasteiger partial charge in [0, 0.05) is 32.9 Å². The van der Waals surface area contributed by atoms with Crippen LogP contribution in [0.1, 0.15) is 21.5 Å². The maximum Gasteiger partial charge on any atom is 0.256 e. The molecule has 1 amide bonds. The molecule has 0 atom stereocenters. The first kappa shape index (κ1) is 19.8. The van der Waals surface area contributed by atoms with Crippen LogP contribution in [0.4, 0.5) is 22.1 Å². The van der Waals surface area contributed by atoms with Crippen molar-refractivity contribution in [3.05, 3.63) is 108 Å². The smallest absolute Gasteiger partial charge is 0.256 e. The summed E-state index contributed by atoms with van der Waals surface area (Å²) in [7, 11) is 0. The van der Waals surface area contributed by atoms with Crippen LogP contribution < -0.4 is 10.2 Å². The van der Waals surface area contributed by atoms with Gasteiger partial charge in [0.25, 0.3) is 5.91 Å². The largest absolute Gasteiger partial charge is 0.321 e. The van der Waals surface area contributed by atoms with Gasteiger partial charge < -0.3 is 10.2 Å². The van der Waals surface area contributed by atoms with Gasteiger partial charge in [0.1, 0.15) is 5.00 Å². The van der Waals surface area contributed by atoms with E-state index in [4.69, 9.17) is 0 Å². The summed E-state index contributed by atoms with van der Waals surface area (Å²) >= 11 is 1.76. The fourth-order valence-electron chi connectivity index (χ4n) is 4.49. The molecule has 33 heavy (non-hydrogen) atoms. The molecule has 0 saturated carbocycles. The summed E-state index contributed by atoms with van der Waals surface area (Å²) in [6.45, 7) is 4.22. The zero-order valence-corrected chi connectivity index (χ0v) is 19.2. The fourth-order valence-corrected chi connectivity index (χ4v) is 5.58. The van der Waals surface area contributed by atoms with E-state index in [0.717, 1.165) is 44.0 Å². The van der Waals surface area contributed by atoms with Gasteiger partial charge in [-0.15, -0.1) is 11.3 Å². The van der Waals surface area contributed by atoms with Crippen LogP contribution in [0, 0.1) is 13.8 Å². The minimum atomic E-state index is -0.0236. The fraction of sp³-hybridized carbons (Fsp3) is 0.0690. The van der Waals surface area contributed by atoms with Gasteiger partial charge in [-0.05, 0) is 73.3 Å². The van der Waals surface area contributed by atoms with Crippen molar-refractivity contribution in [3.8, 4) is 10.4 Å². The van der Waals surface area contributed by atoms with Crippen LogP contribution in [0.3, 0.4) is 0 Å². The van der Waals surface area contributed by atoms with Crippen LogP contribution >= 0.6 is 11.3 Å². The van der Waals surface area contributed by atoms with Crippen molar-refractivity contribution in [3.63, 3.8) is 0 Å². The Hall–Kier alpha value is -3.89. The number of thiophene rings is 1. The second-order valence-electron chi connectivity index (χ2n) is 8.49. The maximum absolute atomic E-state index is 12.3. The van der Waals surface area contributed by atoms with Crippen LogP contribution in [-0.2, 0) is 0 Å². The molecular formula is C29H22N2OS. The van der Waals surface area contributed by atoms with E-state index in [1.54, 1.807) is 11.3 Å². The van der Waals surface area contributed by atoms with E-state index in [1.165, 1.54) is 16.0 Å². The van der Waals surface area contributed by atoms with Crippen molar-refractivity contribution in [1.29, 1.82) is 0 Å². The first-order chi connectivity index (χ1) is 16.1. The maximum atomic E-state index is 12.3. The SMILES string of the molecule is Cc1ccc(N(c2ccc(C)cc2)c2ccc(-c3ccc4c5c(cccc35)C(=O)N4)s2)cc1. The Morgan fingerprint density at radius 1 is 0.697 bits per heavy atom. The Balaban J connectivity index is 1.49. The molecule has 0 bridgehead atoms. The van der Waals surface area contributed by atoms with Crippen LogP contribution in [0.25, 0.3) is 21.2 Å². The topological polar surface area (TPSA) is 32.3 Å². The number of carbonyl (C=O) groups excluding carboxylic acids is 1. The molecule has 0 radical (unpaired) electrons. The van der Waals surface area contributed by atoms with Crippen LogP contribution in [0.15, 0.2) is 91.0 Å².